The molecule has 2 rings (SSSR count). The number of anilines is 1. The summed E-state index contributed by atoms with van der Waals surface area (Å²) in [6.07, 6.45) is 0.677. The first-order valence-electron chi connectivity index (χ1n) is 7.66. The third-order valence-electron chi connectivity index (χ3n) is 3.67. The minimum Gasteiger partial charge on any atom is -0.496 e. The number of carbonyl (C=O) groups excluding carboxylic acids is 2. The summed E-state index contributed by atoms with van der Waals surface area (Å²) < 4.78 is 5.94. The number of thiophene rings is 1. The predicted octanol–water partition coefficient (Wildman–Crippen LogP) is 3.62. The third kappa shape index (κ3) is 4.40. The van der Waals surface area contributed by atoms with E-state index in [-0.39, 0.29) is 5.11 Å². The number of amides is 2. The number of nitrogens with one attached hydrogen (secondary N) is 2. The van der Waals surface area contributed by atoms with E-state index in [9.17, 15) is 9.59 Å². The highest BCUT2D eigenvalue weighted by atomic mass is 79.9. The molecular formula is C17H18BrN3O3S2. The van der Waals surface area contributed by atoms with Gasteiger partial charge in [0.05, 0.1) is 18.2 Å². The quantitative estimate of drug-likeness (QED) is 0.598. The van der Waals surface area contributed by atoms with Crippen LogP contribution >= 0.6 is 39.5 Å². The number of halogens is 1. The van der Waals surface area contributed by atoms with Gasteiger partial charge < -0.3 is 15.8 Å². The molecule has 0 aliphatic rings. The van der Waals surface area contributed by atoms with Crippen LogP contribution in [0.2, 0.25) is 0 Å². The molecule has 0 atom stereocenters. The molecule has 9 heteroatoms. The van der Waals surface area contributed by atoms with Crippen LogP contribution in [0.3, 0.4) is 0 Å². The van der Waals surface area contributed by atoms with Crippen molar-refractivity contribution < 1.29 is 14.3 Å². The Morgan fingerprint density at radius 3 is 2.65 bits per heavy atom. The van der Waals surface area contributed by atoms with Gasteiger partial charge in [0.1, 0.15) is 10.8 Å². The van der Waals surface area contributed by atoms with Crippen LogP contribution in [0.4, 0.5) is 5.00 Å². The average molecular weight is 456 g/mol. The van der Waals surface area contributed by atoms with Gasteiger partial charge in [-0.25, -0.2) is 0 Å². The smallest absolute Gasteiger partial charge is 0.261 e. The second-order valence-electron chi connectivity index (χ2n) is 5.31. The number of methoxy groups -OCH3 is 1. The van der Waals surface area contributed by atoms with Crippen molar-refractivity contribution in [3.8, 4) is 5.75 Å². The number of hydrogen-bond donors (Lipinski definition) is 3. The van der Waals surface area contributed by atoms with E-state index in [0.717, 1.165) is 14.9 Å². The summed E-state index contributed by atoms with van der Waals surface area (Å²) in [5.41, 5.74) is 7.12. The van der Waals surface area contributed by atoms with Gasteiger partial charge in [0.15, 0.2) is 5.11 Å². The Morgan fingerprint density at radius 1 is 1.38 bits per heavy atom. The number of nitrogens with two attached hydrogens (primary N) is 1. The second kappa shape index (κ2) is 8.61. The van der Waals surface area contributed by atoms with E-state index in [1.165, 1.54) is 18.4 Å². The van der Waals surface area contributed by atoms with E-state index < -0.39 is 11.8 Å². The van der Waals surface area contributed by atoms with Crippen molar-refractivity contribution in [1.29, 1.82) is 0 Å². The molecule has 1 aromatic carbocycles. The molecule has 138 valence electrons. The number of ether oxygens (including phenoxy) is 1. The van der Waals surface area contributed by atoms with Gasteiger partial charge in [0.2, 0.25) is 0 Å². The van der Waals surface area contributed by atoms with Gasteiger partial charge in [-0.3, -0.25) is 14.9 Å². The summed E-state index contributed by atoms with van der Waals surface area (Å²) in [5, 5.41) is 6.10. The molecule has 0 radical (unpaired) electrons. The molecule has 0 bridgehead atoms. The summed E-state index contributed by atoms with van der Waals surface area (Å²) in [6.45, 7) is 3.86. The van der Waals surface area contributed by atoms with Crippen molar-refractivity contribution in [2.75, 3.05) is 12.4 Å². The number of rotatable bonds is 5. The fraction of sp³-hybridized carbons (Fsp3) is 0.235. The van der Waals surface area contributed by atoms with E-state index in [1.807, 2.05) is 13.8 Å². The normalized spacial score (nSPS) is 10.3. The molecule has 0 fully saturated rings. The molecule has 4 N–H and O–H groups in total. The fourth-order valence-electron chi connectivity index (χ4n) is 2.52. The molecule has 1 aromatic heterocycles. The topological polar surface area (TPSA) is 93.4 Å². The van der Waals surface area contributed by atoms with Crippen molar-refractivity contribution in [3.05, 3.63) is 44.2 Å². The predicted molar refractivity (Wildman–Crippen MR) is 111 cm³/mol. The number of primary amides is 1. The van der Waals surface area contributed by atoms with Gasteiger partial charge in [0, 0.05) is 9.35 Å². The van der Waals surface area contributed by atoms with Crippen molar-refractivity contribution >= 4 is 61.4 Å². The zero-order valence-electron chi connectivity index (χ0n) is 14.4. The van der Waals surface area contributed by atoms with E-state index in [4.69, 9.17) is 22.7 Å². The van der Waals surface area contributed by atoms with Crippen molar-refractivity contribution in [2.24, 2.45) is 5.73 Å². The molecule has 0 unspecified atom stereocenters. The molecule has 6 nitrogen and oxygen atoms in total. The molecule has 0 saturated carbocycles. The van der Waals surface area contributed by atoms with E-state index in [1.54, 1.807) is 18.2 Å². The van der Waals surface area contributed by atoms with Gasteiger partial charge in [-0.15, -0.1) is 11.3 Å². The molecular weight excluding hydrogens is 438 g/mol. The lowest BCUT2D eigenvalue weighted by Crippen LogP contribution is -2.34. The Morgan fingerprint density at radius 2 is 2.08 bits per heavy atom. The summed E-state index contributed by atoms with van der Waals surface area (Å²) in [4.78, 5) is 25.3. The molecule has 0 spiro atoms. The van der Waals surface area contributed by atoms with Gasteiger partial charge >= 0.3 is 0 Å². The van der Waals surface area contributed by atoms with Crippen LogP contribution in [-0.4, -0.2) is 24.0 Å². The first kappa shape index (κ1) is 20.3. The SMILES string of the molecule is CCc1c(C)sc(NC(=S)NC(=O)c2cc(Br)ccc2OC)c1C(N)=O. The van der Waals surface area contributed by atoms with Gasteiger partial charge in [-0.2, -0.15) is 0 Å². The largest absolute Gasteiger partial charge is 0.496 e. The van der Waals surface area contributed by atoms with Crippen LogP contribution in [-0.2, 0) is 6.42 Å². The molecule has 2 aromatic rings. The minimum absolute atomic E-state index is 0.0726. The molecule has 1 heterocycles. The maximum atomic E-state index is 12.5. The standard InChI is InChI=1S/C17H18BrN3O3S2/c1-4-10-8(2)26-16(13(10)14(19)22)21-17(25)20-15(23)11-7-9(18)5-6-12(11)24-3/h5-7H,4H2,1-3H3,(H2,19,22)(H2,20,21,23,25). The highest BCUT2D eigenvalue weighted by Gasteiger charge is 2.21. The summed E-state index contributed by atoms with van der Waals surface area (Å²) in [7, 11) is 1.48. The van der Waals surface area contributed by atoms with Gasteiger partial charge in [-0.1, -0.05) is 22.9 Å². The molecule has 26 heavy (non-hydrogen) atoms. The number of aryl methyl sites for hydroxylation is 1. The van der Waals surface area contributed by atoms with Crippen LogP contribution in [0.1, 0.15) is 38.1 Å². The molecule has 0 aliphatic carbocycles. The van der Waals surface area contributed by atoms with Crippen LogP contribution in [0.15, 0.2) is 22.7 Å². The fourth-order valence-corrected chi connectivity index (χ4v) is 4.29. The lowest BCUT2D eigenvalue weighted by molar-refractivity contribution is 0.0972. The third-order valence-corrected chi connectivity index (χ3v) is 5.43. The summed E-state index contributed by atoms with van der Waals surface area (Å²) >= 11 is 9.91. The molecule has 0 saturated heterocycles. The summed E-state index contributed by atoms with van der Waals surface area (Å²) in [5.74, 6) is -0.534. The van der Waals surface area contributed by atoms with E-state index in [2.05, 4.69) is 26.6 Å². The number of hydrogen-bond acceptors (Lipinski definition) is 5. The number of thiocarbonyl (C=S) groups is 1. The zero-order valence-corrected chi connectivity index (χ0v) is 17.7. The van der Waals surface area contributed by atoms with E-state index >= 15 is 0 Å². The lowest BCUT2D eigenvalue weighted by Gasteiger charge is -2.12. The number of benzene rings is 1. The minimum atomic E-state index is -0.531. The maximum Gasteiger partial charge on any atom is 0.261 e. The second-order valence-corrected chi connectivity index (χ2v) is 7.86. The zero-order chi connectivity index (χ0) is 19.4. The maximum absolute atomic E-state index is 12.5. The van der Waals surface area contributed by atoms with Gasteiger partial charge in [0.25, 0.3) is 11.8 Å². The molecule has 2 amide bonds. The Kier molecular flexibility index (Phi) is 6.74. The van der Waals surface area contributed by atoms with Crippen molar-refractivity contribution in [2.45, 2.75) is 20.3 Å². The lowest BCUT2D eigenvalue weighted by atomic mass is 10.1. The van der Waals surface area contributed by atoms with Crippen LogP contribution in [0, 0.1) is 6.92 Å². The van der Waals surface area contributed by atoms with Crippen molar-refractivity contribution in [1.82, 2.24) is 5.32 Å². The monoisotopic (exact) mass is 455 g/mol. The Hall–Kier alpha value is -1.97. The molecule has 0 aliphatic heterocycles. The highest BCUT2D eigenvalue weighted by Crippen LogP contribution is 2.33. The summed E-state index contributed by atoms with van der Waals surface area (Å²) in [6, 6.07) is 5.08. The highest BCUT2D eigenvalue weighted by molar-refractivity contribution is 9.10. The first-order chi connectivity index (χ1) is 12.3. The first-order valence-corrected chi connectivity index (χ1v) is 9.68. The van der Waals surface area contributed by atoms with Crippen molar-refractivity contribution in [3.63, 3.8) is 0 Å². The van der Waals surface area contributed by atoms with E-state index in [0.29, 0.717) is 28.3 Å². The Labute approximate surface area is 169 Å². The van der Waals surface area contributed by atoms with Crippen LogP contribution in [0.5, 0.6) is 5.75 Å². The van der Waals surface area contributed by atoms with Crippen LogP contribution in [0.25, 0.3) is 0 Å². The average Bonchev–Trinajstić information content (AvgIpc) is 2.89. The Balaban J connectivity index is 2.21. The number of carbonyl (C=O) groups is 2. The van der Waals surface area contributed by atoms with Gasteiger partial charge in [-0.05, 0) is 49.3 Å². The van der Waals surface area contributed by atoms with Crippen LogP contribution < -0.4 is 21.1 Å². The Bertz CT molecular complexity index is 880.